The number of hydrogen-bond acceptors (Lipinski definition) is 3. The van der Waals surface area contributed by atoms with Gasteiger partial charge in [-0.1, -0.05) is 0 Å². The Morgan fingerprint density at radius 1 is 1.29 bits per heavy atom. The number of nitrogens with one attached hydrogen (secondary N) is 1. The topological polar surface area (TPSA) is 25.2 Å². The Morgan fingerprint density at radius 3 is 2.41 bits per heavy atom. The molecule has 0 saturated carbocycles. The summed E-state index contributed by atoms with van der Waals surface area (Å²) in [5.74, 6) is 1.95. The van der Waals surface area contributed by atoms with Gasteiger partial charge in [0.1, 0.15) is 11.5 Å². The molecule has 2 aromatic rings. The van der Waals surface area contributed by atoms with E-state index in [4.69, 9.17) is 4.42 Å². The van der Waals surface area contributed by atoms with Crippen LogP contribution in [0.3, 0.4) is 0 Å². The van der Waals surface area contributed by atoms with Crippen molar-refractivity contribution in [1.82, 2.24) is 5.32 Å². The van der Waals surface area contributed by atoms with Crippen molar-refractivity contribution in [3.8, 4) is 0 Å². The third kappa shape index (κ3) is 2.49. The van der Waals surface area contributed by atoms with E-state index in [9.17, 15) is 0 Å². The Labute approximate surface area is 114 Å². The molecule has 4 heteroatoms. The van der Waals surface area contributed by atoms with E-state index in [1.54, 1.807) is 11.3 Å². The molecule has 0 aromatic carbocycles. The Morgan fingerprint density at radius 2 is 2.00 bits per heavy atom. The molecule has 17 heavy (non-hydrogen) atoms. The van der Waals surface area contributed by atoms with Gasteiger partial charge in [-0.2, -0.15) is 0 Å². The number of thiophene rings is 1. The zero-order valence-electron chi connectivity index (χ0n) is 10.4. The SMILES string of the molecule is CNC(c1cc(C)c(Br)s1)c1cc(C)oc1C. The minimum Gasteiger partial charge on any atom is -0.466 e. The highest BCUT2D eigenvalue weighted by atomic mass is 79.9. The maximum atomic E-state index is 5.61. The summed E-state index contributed by atoms with van der Waals surface area (Å²) >= 11 is 5.35. The number of halogens is 1. The summed E-state index contributed by atoms with van der Waals surface area (Å²) < 4.78 is 6.81. The lowest BCUT2D eigenvalue weighted by Crippen LogP contribution is -2.16. The van der Waals surface area contributed by atoms with Gasteiger partial charge in [0.15, 0.2) is 0 Å². The number of aryl methyl sites for hydroxylation is 3. The van der Waals surface area contributed by atoms with Crippen molar-refractivity contribution in [1.29, 1.82) is 0 Å². The third-order valence-corrected chi connectivity index (χ3v) is 5.04. The smallest absolute Gasteiger partial charge is 0.106 e. The summed E-state index contributed by atoms with van der Waals surface area (Å²) in [4.78, 5) is 1.31. The summed E-state index contributed by atoms with van der Waals surface area (Å²) in [6, 6.07) is 4.54. The predicted octanol–water partition coefficient (Wildman–Crippen LogP) is 4.34. The van der Waals surface area contributed by atoms with Gasteiger partial charge >= 0.3 is 0 Å². The molecule has 2 nitrogen and oxygen atoms in total. The van der Waals surface area contributed by atoms with Gasteiger partial charge < -0.3 is 9.73 Å². The number of hydrogen-bond donors (Lipinski definition) is 1. The van der Waals surface area contributed by atoms with E-state index < -0.39 is 0 Å². The van der Waals surface area contributed by atoms with Gasteiger partial charge in [-0.25, -0.2) is 0 Å². The van der Waals surface area contributed by atoms with Crippen molar-refractivity contribution in [3.63, 3.8) is 0 Å². The fourth-order valence-electron chi connectivity index (χ4n) is 2.01. The average Bonchev–Trinajstić information content (AvgIpc) is 2.74. The maximum absolute atomic E-state index is 5.61. The molecule has 1 N–H and O–H groups in total. The molecule has 0 bridgehead atoms. The van der Waals surface area contributed by atoms with Crippen LogP contribution in [-0.4, -0.2) is 7.05 Å². The standard InChI is InChI=1S/C13H16BrNOS/c1-7-5-11(17-13(7)14)12(15-4)10-6-8(2)16-9(10)3/h5-6,12,15H,1-4H3. The molecule has 2 heterocycles. The van der Waals surface area contributed by atoms with Crippen molar-refractivity contribution < 1.29 is 4.42 Å². The molecule has 92 valence electrons. The fourth-order valence-corrected chi connectivity index (χ4v) is 3.71. The van der Waals surface area contributed by atoms with Gasteiger partial charge in [0.2, 0.25) is 0 Å². The van der Waals surface area contributed by atoms with Gasteiger partial charge in [0.25, 0.3) is 0 Å². The van der Waals surface area contributed by atoms with Crippen LogP contribution in [0, 0.1) is 20.8 Å². The normalized spacial score (nSPS) is 13.0. The molecule has 1 atom stereocenters. The lowest BCUT2D eigenvalue weighted by Gasteiger charge is -2.13. The lowest BCUT2D eigenvalue weighted by atomic mass is 10.1. The summed E-state index contributed by atoms with van der Waals surface area (Å²) in [5.41, 5.74) is 2.50. The second-order valence-electron chi connectivity index (χ2n) is 4.20. The van der Waals surface area contributed by atoms with Crippen LogP contribution in [0.15, 0.2) is 20.3 Å². The van der Waals surface area contributed by atoms with Crippen molar-refractivity contribution in [3.05, 3.63) is 43.4 Å². The van der Waals surface area contributed by atoms with E-state index in [1.165, 1.54) is 19.8 Å². The van der Waals surface area contributed by atoms with Crippen LogP contribution in [-0.2, 0) is 0 Å². The summed E-state index contributed by atoms with van der Waals surface area (Å²) in [5, 5.41) is 3.36. The highest BCUT2D eigenvalue weighted by Crippen LogP contribution is 2.35. The van der Waals surface area contributed by atoms with Crippen LogP contribution in [0.4, 0.5) is 0 Å². The quantitative estimate of drug-likeness (QED) is 0.912. The molecular formula is C13H16BrNOS. The zero-order valence-corrected chi connectivity index (χ0v) is 12.8. The summed E-state index contributed by atoms with van der Waals surface area (Å²) in [7, 11) is 1.98. The van der Waals surface area contributed by atoms with Gasteiger partial charge in [-0.15, -0.1) is 11.3 Å². The first-order valence-electron chi connectivity index (χ1n) is 5.53. The summed E-state index contributed by atoms with van der Waals surface area (Å²) in [6.07, 6.45) is 0. The van der Waals surface area contributed by atoms with Crippen LogP contribution >= 0.6 is 27.3 Å². The fraction of sp³-hybridized carbons (Fsp3) is 0.385. The molecule has 2 rings (SSSR count). The molecule has 0 amide bonds. The Bertz CT molecular complexity index is 510. The van der Waals surface area contributed by atoms with Crippen LogP contribution in [0.25, 0.3) is 0 Å². The van der Waals surface area contributed by atoms with Crippen LogP contribution in [0.1, 0.15) is 33.6 Å². The highest BCUT2D eigenvalue weighted by molar-refractivity contribution is 9.11. The number of rotatable bonds is 3. The molecule has 2 aromatic heterocycles. The van der Waals surface area contributed by atoms with Crippen LogP contribution in [0.2, 0.25) is 0 Å². The van der Waals surface area contributed by atoms with Crippen LogP contribution in [0.5, 0.6) is 0 Å². The van der Waals surface area contributed by atoms with E-state index in [0.29, 0.717) is 0 Å². The second kappa shape index (κ2) is 4.96. The van der Waals surface area contributed by atoms with E-state index in [0.717, 1.165) is 11.5 Å². The van der Waals surface area contributed by atoms with E-state index in [1.807, 2.05) is 20.9 Å². The number of furan rings is 1. The van der Waals surface area contributed by atoms with E-state index >= 15 is 0 Å². The minimum atomic E-state index is 0.211. The lowest BCUT2D eigenvalue weighted by molar-refractivity contribution is 0.497. The molecular weight excluding hydrogens is 298 g/mol. The van der Waals surface area contributed by atoms with Crippen molar-refractivity contribution in [2.75, 3.05) is 7.05 Å². The second-order valence-corrected chi connectivity index (χ2v) is 6.60. The molecule has 0 radical (unpaired) electrons. The monoisotopic (exact) mass is 313 g/mol. The maximum Gasteiger partial charge on any atom is 0.106 e. The highest BCUT2D eigenvalue weighted by Gasteiger charge is 2.20. The third-order valence-electron chi connectivity index (χ3n) is 2.84. The molecule has 0 aliphatic carbocycles. The molecule has 1 unspecified atom stereocenters. The first-order chi connectivity index (χ1) is 8.02. The van der Waals surface area contributed by atoms with Gasteiger partial charge in [-0.05, 0) is 61.4 Å². The molecule has 0 saturated heterocycles. The summed E-state index contributed by atoms with van der Waals surface area (Å²) in [6.45, 7) is 6.12. The van der Waals surface area contributed by atoms with Crippen molar-refractivity contribution in [2.24, 2.45) is 0 Å². The van der Waals surface area contributed by atoms with E-state index in [-0.39, 0.29) is 6.04 Å². The van der Waals surface area contributed by atoms with Crippen LogP contribution < -0.4 is 5.32 Å². The first-order valence-corrected chi connectivity index (χ1v) is 7.14. The Balaban J connectivity index is 2.43. The molecule has 0 spiro atoms. The Kier molecular flexibility index (Phi) is 3.76. The van der Waals surface area contributed by atoms with Gasteiger partial charge in [0.05, 0.1) is 9.83 Å². The largest absolute Gasteiger partial charge is 0.466 e. The van der Waals surface area contributed by atoms with E-state index in [2.05, 4.69) is 40.3 Å². The predicted molar refractivity (Wildman–Crippen MR) is 75.8 cm³/mol. The molecule has 0 aliphatic rings. The Hall–Kier alpha value is -0.580. The van der Waals surface area contributed by atoms with Gasteiger partial charge in [-0.3, -0.25) is 0 Å². The zero-order chi connectivity index (χ0) is 12.6. The van der Waals surface area contributed by atoms with Gasteiger partial charge in [0, 0.05) is 10.4 Å². The first kappa shape index (κ1) is 12.9. The molecule has 0 aliphatic heterocycles. The minimum absolute atomic E-state index is 0.211. The van der Waals surface area contributed by atoms with Crippen molar-refractivity contribution in [2.45, 2.75) is 26.8 Å². The molecule has 0 fully saturated rings. The van der Waals surface area contributed by atoms with Crippen molar-refractivity contribution >= 4 is 27.3 Å². The average molecular weight is 314 g/mol.